The van der Waals surface area contributed by atoms with E-state index in [-0.39, 0.29) is 5.92 Å². The Bertz CT molecular complexity index is 810. The van der Waals surface area contributed by atoms with E-state index in [4.69, 9.17) is 4.98 Å². The van der Waals surface area contributed by atoms with Gasteiger partial charge in [0.1, 0.15) is 5.82 Å². The van der Waals surface area contributed by atoms with E-state index < -0.39 is 0 Å². The summed E-state index contributed by atoms with van der Waals surface area (Å²) in [5.74, 6) is 2.23. The molecule has 0 radical (unpaired) electrons. The van der Waals surface area contributed by atoms with Gasteiger partial charge in [0.15, 0.2) is 5.82 Å². The molecule has 0 spiro atoms. The fourth-order valence-corrected chi connectivity index (χ4v) is 3.91. The summed E-state index contributed by atoms with van der Waals surface area (Å²) >= 11 is 0. The second kappa shape index (κ2) is 9.86. The first-order valence-electron chi connectivity index (χ1n) is 11.0. The van der Waals surface area contributed by atoms with Crippen molar-refractivity contribution in [1.82, 2.24) is 14.9 Å². The molecule has 1 amide bonds. The van der Waals surface area contributed by atoms with Crippen LogP contribution in [0.1, 0.15) is 50.8 Å². The van der Waals surface area contributed by atoms with Gasteiger partial charge in [0.05, 0.1) is 0 Å². The SMILES string of the molecule is CCCC[C@H](CC)C(=O)N1CCN(c2cc(C)nc(-c3ccc(C)cc3)n2)CC1. The number of piperazine rings is 1. The minimum atomic E-state index is 0.177. The zero-order valence-electron chi connectivity index (χ0n) is 18.3. The van der Waals surface area contributed by atoms with Crippen LogP contribution in [0.25, 0.3) is 11.4 Å². The molecule has 1 aromatic heterocycles. The second-order valence-electron chi connectivity index (χ2n) is 8.12. The van der Waals surface area contributed by atoms with Crippen molar-refractivity contribution in [1.29, 1.82) is 0 Å². The van der Waals surface area contributed by atoms with Crippen LogP contribution in [-0.2, 0) is 4.79 Å². The van der Waals surface area contributed by atoms with Gasteiger partial charge in [-0.05, 0) is 26.7 Å². The van der Waals surface area contributed by atoms with E-state index >= 15 is 0 Å². The van der Waals surface area contributed by atoms with Gasteiger partial charge in [-0.1, -0.05) is 56.5 Å². The summed E-state index contributed by atoms with van der Waals surface area (Å²) in [6, 6.07) is 10.4. The van der Waals surface area contributed by atoms with Crippen LogP contribution in [0.2, 0.25) is 0 Å². The molecule has 1 aliphatic heterocycles. The predicted octanol–water partition coefficient (Wildman–Crippen LogP) is 4.63. The maximum atomic E-state index is 12.9. The third kappa shape index (κ3) is 5.34. The molecule has 1 atom stereocenters. The van der Waals surface area contributed by atoms with Crippen molar-refractivity contribution in [2.75, 3.05) is 31.1 Å². The van der Waals surface area contributed by atoms with Crippen LogP contribution in [0.4, 0.5) is 5.82 Å². The number of carbonyl (C=O) groups is 1. The molecule has 1 aliphatic rings. The first-order chi connectivity index (χ1) is 14.0. The van der Waals surface area contributed by atoms with Gasteiger partial charge in [0.25, 0.3) is 0 Å². The van der Waals surface area contributed by atoms with Gasteiger partial charge in [0, 0.05) is 49.4 Å². The molecule has 5 nitrogen and oxygen atoms in total. The average Bonchev–Trinajstić information content (AvgIpc) is 2.74. The summed E-state index contributed by atoms with van der Waals surface area (Å²) in [6.07, 6.45) is 4.22. The van der Waals surface area contributed by atoms with Crippen molar-refractivity contribution in [3.8, 4) is 11.4 Å². The summed E-state index contributed by atoms with van der Waals surface area (Å²) in [7, 11) is 0. The molecule has 0 unspecified atom stereocenters. The van der Waals surface area contributed by atoms with Crippen LogP contribution in [0, 0.1) is 19.8 Å². The van der Waals surface area contributed by atoms with E-state index in [0.717, 1.165) is 74.8 Å². The van der Waals surface area contributed by atoms with E-state index in [1.54, 1.807) is 0 Å². The van der Waals surface area contributed by atoms with E-state index in [1.165, 1.54) is 5.56 Å². The Morgan fingerprint density at radius 1 is 1.03 bits per heavy atom. The lowest BCUT2D eigenvalue weighted by atomic mass is 9.97. The average molecular weight is 395 g/mol. The first kappa shape index (κ1) is 21.3. The van der Waals surface area contributed by atoms with Crippen LogP contribution in [0.15, 0.2) is 30.3 Å². The summed E-state index contributed by atoms with van der Waals surface area (Å²) in [5, 5.41) is 0. The predicted molar refractivity (Wildman–Crippen MR) is 119 cm³/mol. The molecule has 0 saturated carbocycles. The van der Waals surface area contributed by atoms with Crippen molar-refractivity contribution in [3.05, 3.63) is 41.6 Å². The molecule has 1 saturated heterocycles. The molecule has 0 bridgehead atoms. The zero-order valence-corrected chi connectivity index (χ0v) is 18.3. The molecular formula is C24H34N4O. The van der Waals surface area contributed by atoms with Gasteiger partial charge in [-0.2, -0.15) is 0 Å². The van der Waals surface area contributed by atoms with Crippen LogP contribution >= 0.6 is 0 Å². The van der Waals surface area contributed by atoms with Crippen molar-refractivity contribution in [3.63, 3.8) is 0 Å². The number of rotatable bonds is 7. The molecule has 3 rings (SSSR count). The molecule has 156 valence electrons. The maximum absolute atomic E-state index is 12.9. The Hall–Kier alpha value is -2.43. The van der Waals surface area contributed by atoms with E-state index in [2.05, 4.69) is 59.8 Å². The number of carbonyl (C=O) groups excluding carboxylic acids is 1. The molecule has 1 aromatic carbocycles. The minimum absolute atomic E-state index is 0.177. The number of nitrogens with zero attached hydrogens (tertiary/aromatic N) is 4. The molecule has 2 aromatic rings. The molecule has 0 N–H and O–H groups in total. The normalized spacial score (nSPS) is 15.4. The number of anilines is 1. The highest BCUT2D eigenvalue weighted by Gasteiger charge is 2.26. The van der Waals surface area contributed by atoms with E-state index in [9.17, 15) is 4.79 Å². The summed E-state index contributed by atoms with van der Waals surface area (Å²) in [6.45, 7) is 11.6. The Kier molecular flexibility index (Phi) is 7.24. The quantitative estimate of drug-likeness (QED) is 0.687. The fourth-order valence-electron chi connectivity index (χ4n) is 3.91. The van der Waals surface area contributed by atoms with Crippen LogP contribution < -0.4 is 4.90 Å². The number of aromatic nitrogens is 2. The number of hydrogen-bond acceptors (Lipinski definition) is 4. The standard InChI is InChI=1S/C24H34N4O/c1-5-7-8-20(6-2)24(29)28-15-13-27(14-16-28)22-17-19(4)25-23(26-22)21-11-9-18(3)10-12-21/h9-12,17,20H,5-8,13-16H2,1-4H3/t20-/m0/s1. The number of hydrogen-bond donors (Lipinski definition) is 0. The topological polar surface area (TPSA) is 49.3 Å². The third-order valence-corrected chi connectivity index (χ3v) is 5.81. The fraction of sp³-hybridized carbons (Fsp3) is 0.542. The van der Waals surface area contributed by atoms with Gasteiger partial charge < -0.3 is 9.80 Å². The zero-order chi connectivity index (χ0) is 20.8. The van der Waals surface area contributed by atoms with Crippen molar-refractivity contribution < 1.29 is 4.79 Å². The Labute approximate surface area is 175 Å². The van der Waals surface area contributed by atoms with Crippen LogP contribution in [0.5, 0.6) is 0 Å². The lowest BCUT2D eigenvalue weighted by molar-refractivity contribution is -0.136. The summed E-state index contributed by atoms with van der Waals surface area (Å²) < 4.78 is 0. The number of unbranched alkanes of at least 4 members (excludes halogenated alkanes) is 1. The van der Waals surface area contributed by atoms with Gasteiger partial charge in [0.2, 0.25) is 5.91 Å². The largest absolute Gasteiger partial charge is 0.353 e. The molecule has 1 fully saturated rings. The van der Waals surface area contributed by atoms with Crippen molar-refractivity contribution in [2.45, 2.75) is 53.4 Å². The lowest BCUT2D eigenvalue weighted by Gasteiger charge is -2.37. The molecule has 5 heteroatoms. The molecule has 29 heavy (non-hydrogen) atoms. The van der Waals surface area contributed by atoms with Gasteiger partial charge >= 0.3 is 0 Å². The number of benzene rings is 1. The minimum Gasteiger partial charge on any atom is -0.353 e. The number of aryl methyl sites for hydroxylation is 2. The van der Waals surface area contributed by atoms with Crippen molar-refractivity contribution >= 4 is 11.7 Å². The Morgan fingerprint density at radius 3 is 2.34 bits per heavy atom. The van der Waals surface area contributed by atoms with Gasteiger partial charge in [-0.3, -0.25) is 4.79 Å². The van der Waals surface area contributed by atoms with Crippen LogP contribution in [0.3, 0.4) is 0 Å². The molecular weight excluding hydrogens is 360 g/mol. The lowest BCUT2D eigenvalue weighted by Crippen LogP contribution is -2.50. The summed E-state index contributed by atoms with van der Waals surface area (Å²) in [4.78, 5) is 26.7. The molecule has 0 aliphatic carbocycles. The van der Waals surface area contributed by atoms with E-state index in [0.29, 0.717) is 5.91 Å². The smallest absolute Gasteiger partial charge is 0.225 e. The maximum Gasteiger partial charge on any atom is 0.225 e. The third-order valence-electron chi connectivity index (χ3n) is 5.81. The Morgan fingerprint density at radius 2 is 1.72 bits per heavy atom. The monoisotopic (exact) mass is 394 g/mol. The highest BCUT2D eigenvalue weighted by atomic mass is 16.2. The number of amides is 1. The first-order valence-corrected chi connectivity index (χ1v) is 11.0. The summed E-state index contributed by atoms with van der Waals surface area (Å²) in [5.41, 5.74) is 3.23. The Balaban J connectivity index is 1.67. The van der Waals surface area contributed by atoms with Crippen LogP contribution in [-0.4, -0.2) is 47.0 Å². The highest BCUT2D eigenvalue weighted by molar-refractivity contribution is 5.79. The second-order valence-corrected chi connectivity index (χ2v) is 8.12. The molecule has 2 heterocycles. The highest BCUT2D eigenvalue weighted by Crippen LogP contribution is 2.23. The van der Waals surface area contributed by atoms with E-state index in [1.807, 2.05) is 13.0 Å². The van der Waals surface area contributed by atoms with Crippen molar-refractivity contribution in [2.24, 2.45) is 5.92 Å². The van der Waals surface area contributed by atoms with Gasteiger partial charge in [-0.15, -0.1) is 0 Å². The van der Waals surface area contributed by atoms with Gasteiger partial charge in [-0.25, -0.2) is 9.97 Å².